The first-order valence-electron chi connectivity index (χ1n) is 6.45. The van der Waals surface area contributed by atoms with E-state index in [9.17, 15) is 0 Å². The van der Waals surface area contributed by atoms with Gasteiger partial charge in [-0.3, -0.25) is 0 Å². The molecule has 0 fully saturated rings. The molecule has 0 bridgehead atoms. The maximum atomic E-state index is 8.96. The number of benzene rings is 1. The van der Waals surface area contributed by atoms with Gasteiger partial charge in [-0.15, -0.1) is 11.3 Å². The number of ether oxygens (including phenoxy) is 2. The summed E-state index contributed by atoms with van der Waals surface area (Å²) in [5, 5.41) is 20.0. The maximum Gasteiger partial charge on any atom is 0.488 e. The van der Waals surface area contributed by atoms with Crippen molar-refractivity contribution in [2.24, 2.45) is 0 Å². The molecular formula is C14H17BO4S. The molecule has 2 N–H and O–H groups in total. The number of rotatable bonds is 8. The van der Waals surface area contributed by atoms with E-state index in [1.165, 1.54) is 4.88 Å². The summed E-state index contributed by atoms with van der Waals surface area (Å²) >= 11 is 1.74. The molecule has 6 heteroatoms. The second kappa shape index (κ2) is 8.06. The highest BCUT2D eigenvalue weighted by Crippen LogP contribution is 2.09. The largest absolute Gasteiger partial charge is 0.491 e. The van der Waals surface area contributed by atoms with E-state index in [1.54, 1.807) is 35.6 Å². The van der Waals surface area contributed by atoms with Crippen molar-refractivity contribution in [1.29, 1.82) is 0 Å². The van der Waals surface area contributed by atoms with E-state index in [2.05, 4.69) is 11.4 Å². The zero-order valence-electron chi connectivity index (χ0n) is 11.1. The van der Waals surface area contributed by atoms with Crippen molar-refractivity contribution in [3.05, 3.63) is 46.7 Å². The predicted molar refractivity (Wildman–Crippen MR) is 80.6 cm³/mol. The van der Waals surface area contributed by atoms with Gasteiger partial charge in [-0.1, -0.05) is 18.2 Å². The Morgan fingerprint density at radius 2 is 1.80 bits per heavy atom. The zero-order valence-corrected chi connectivity index (χ0v) is 11.9. The molecule has 0 spiro atoms. The summed E-state index contributed by atoms with van der Waals surface area (Å²) in [5.41, 5.74) is 0.449. The van der Waals surface area contributed by atoms with E-state index in [-0.39, 0.29) is 0 Å². The fourth-order valence-electron chi connectivity index (χ4n) is 1.68. The lowest BCUT2D eigenvalue weighted by Crippen LogP contribution is -2.29. The van der Waals surface area contributed by atoms with Gasteiger partial charge in [-0.2, -0.15) is 0 Å². The Morgan fingerprint density at radius 1 is 1.00 bits per heavy atom. The highest BCUT2D eigenvalue weighted by Gasteiger charge is 2.09. The molecule has 4 nitrogen and oxygen atoms in total. The van der Waals surface area contributed by atoms with Crippen LogP contribution in [0.2, 0.25) is 0 Å². The number of hydrogen-bond donors (Lipinski definition) is 2. The van der Waals surface area contributed by atoms with Crippen molar-refractivity contribution < 1.29 is 19.5 Å². The first-order valence-corrected chi connectivity index (χ1v) is 7.32. The molecule has 1 heterocycles. The van der Waals surface area contributed by atoms with Crippen LogP contribution in [0.15, 0.2) is 41.8 Å². The number of thiophene rings is 1. The fraction of sp³-hybridized carbons (Fsp3) is 0.286. The van der Waals surface area contributed by atoms with Gasteiger partial charge in [0.05, 0.1) is 13.2 Å². The Morgan fingerprint density at radius 3 is 2.45 bits per heavy atom. The zero-order chi connectivity index (χ0) is 14.2. The van der Waals surface area contributed by atoms with E-state index in [1.807, 2.05) is 6.07 Å². The molecule has 106 valence electrons. The van der Waals surface area contributed by atoms with Gasteiger partial charge in [-0.25, -0.2) is 0 Å². The van der Waals surface area contributed by atoms with E-state index < -0.39 is 7.12 Å². The molecule has 0 unspecified atom stereocenters. The monoisotopic (exact) mass is 292 g/mol. The second-order valence-electron chi connectivity index (χ2n) is 4.23. The molecule has 0 aliphatic carbocycles. The van der Waals surface area contributed by atoms with Crippen molar-refractivity contribution >= 4 is 23.9 Å². The summed E-state index contributed by atoms with van der Waals surface area (Å²) in [4.78, 5) is 1.32. The Bertz CT molecular complexity index is 484. The van der Waals surface area contributed by atoms with Crippen LogP contribution >= 0.6 is 11.3 Å². The van der Waals surface area contributed by atoms with Crippen molar-refractivity contribution in [2.75, 3.05) is 19.8 Å². The summed E-state index contributed by atoms with van der Waals surface area (Å²) in [6.07, 6.45) is 0.931. The van der Waals surface area contributed by atoms with Gasteiger partial charge in [-0.05, 0) is 29.0 Å². The summed E-state index contributed by atoms with van der Waals surface area (Å²) in [6.45, 7) is 1.71. The molecule has 1 aromatic carbocycles. The third-order valence-corrected chi connectivity index (χ3v) is 3.68. The second-order valence-corrected chi connectivity index (χ2v) is 5.27. The van der Waals surface area contributed by atoms with Crippen LogP contribution in [-0.4, -0.2) is 37.0 Å². The van der Waals surface area contributed by atoms with Gasteiger partial charge in [0.15, 0.2) is 0 Å². The highest BCUT2D eigenvalue weighted by atomic mass is 32.1. The van der Waals surface area contributed by atoms with Crippen molar-refractivity contribution in [3.63, 3.8) is 0 Å². The molecule has 2 aromatic rings. The average molecular weight is 292 g/mol. The molecule has 0 saturated heterocycles. The van der Waals surface area contributed by atoms with E-state index >= 15 is 0 Å². The minimum atomic E-state index is -1.44. The van der Waals surface area contributed by atoms with Crippen LogP contribution in [0.25, 0.3) is 0 Å². The normalized spacial score (nSPS) is 10.5. The van der Waals surface area contributed by atoms with Crippen LogP contribution < -0.4 is 10.2 Å². The molecule has 0 amide bonds. The Balaban J connectivity index is 1.58. The van der Waals surface area contributed by atoms with Crippen LogP contribution in [0, 0.1) is 0 Å². The van der Waals surface area contributed by atoms with Crippen molar-refractivity contribution in [2.45, 2.75) is 6.42 Å². The molecule has 1 aromatic heterocycles. The van der Waals surface area contributed by atoms with Crippen LogP contribution in [0.5, 0.6) is 5.75 Å². The molecule has 0 aliphatic heterocycles. The maximum absolute atomic E-state index is 8.96. The topological polar surface area (TPSA) is 58.9 Å². The molecule has 0 saturated carbocycles. The van der Waals surface area contributed by atoms with Gasteiger partial charge in [0, 0.05) is 11.3 Å². The van der Waals surface area contributed by atoms with Crippen molar-refractivity contribution in [3.8, 4) is 5.75 Å². The lowest BCUT2D eigenvalue weighted by atomic mass is 9.80. The smallest absolute Gasteiger partial charge is 0.488 e. The van der Waals surface area contributed by atoms with E-state index in [4.69, 9.17) is 19.5 Å². The van der Waals surface area contributed by atoms with Crippen molar-refractivity contribution in [1.82, 2.24) is 0 Å². The summed E-state index contributed by atoms with van der Waals surface area (Å²) in [6, 6.07) is 10.8. The minimum absolute atomic E-state index is 0.449. The molecule has 2 rings (SSSR count). The predicted octanol–water partition coefficient (Wildman–Crippen LogP) is 1.07. The summed E-state index contributed by atoms with van der Waals surface area (Å²) in [7, 11) is -1.44. The number of hydrogen-bond acceptors (Lipinski definition) is 5. The van der Waals surface area contributed by atoms with Crippen LogP contribution in [-0.2, 0) is 11.2 Å². The van der Waals surface area contributed by atoms with Gasteiger partial charge >= 0.3 is 7.12 Å². The van der Waals surface area contributed by atoms with Crippen LogP contribution in [0.3, 0.4) is 0 Å². The van der Waals surface area contributed by atoms with Gasteiger partial charge in [0.25, 0.3) is 0 Å². The first kappa shape index (κ1) is 15.1. The minimum Gasteiger partial charge on any atom is -0.491 e. The Labute approximate surface area is 122 Å². The van der Waals surface area contributed by atoms with Crippen LogP contribution in [0.4, 0.5) is 0 Å². The standard InChI is InChI=1S/C14H17BO4S/c16-15(17)12-3-5-13(6-4-12)19-10-9-18-8-7-14-2-1-11-20-14/h1-6,11,16-17H,7-10H2. The fourth-order valence-corrected chi connectivity index (χ4v) is 2.37. The van der Waals surface area contributed by atoms with E-state index in [0.717, 1.165) is 6.42 Å². The highest BCUT2D eigenvalue weighted by molar-refractivity contribution is 7.09. The lowest BCUT2D eigenvalue weighted by molar-refractivity contribution is 0.103. The quantitative estimate of drug-likeness (QED) is 0.564. The molecule has 20 heavy (non-hydrogen) atoms. The molecule has 0 aliphatic rings. The van der Waals surface area contributed by atoms with Gasteiger partial charge in [0.1, 0.15) is 12.4 Å². The average Bonchev–Trinajstić information content (AvgIpc) is 2.96. The molecule has 0 radical (unpaired) electrons. The van der Waals surface area contributed by atoms with E-state index in [0.29, 0.717) is 31.0 Å². The molecule has 0 atom stereocenters. The molecular weight excluding hydrogens is 275 g/mol. The Kier molecular flexibility index (Phi) is 6.07. The summed E-state index contributed by atoms with van der Waals surface area (Å²) in [5.74, 6) is 0.691. The lowest BCUT2D eigenvalue weighted by Gasteiger charge is -2.07. The SMILES string of the molecule is OB(O)c1ccc(OCCOCCc2cccs2)cc1. The summed E-state index contributed by atoms with van der Waals surface area (Å²) < 4.78 is 11.0. The third kappa shape index (κ3) is 4.98. The van der Waals surface area contributed by atoms with Gasteiger partial charge in [0.2, 0.25) is 0 Å². The van der Waals surface area contributed by atoms with Crippen LogP contribution in [0.1, 0.15) is 4.88 Å². The third-order valence-electron chi connectivity index (χ3n) is 2.75. The Hall–Kier alpha value is -1.34. The first-order chi connectivity index (χ1) is 9.75. The van der Waals surface area contributed by atoms with Gasteiger partial charge < -0.3 is 19.5 Å².